The fourth-order valence-corrected chi connectivity index (χ4v) is 8.27. The zero-order chi connectivity index (χ0) is 39.8. The summed E-state index contributed by atoms with van der Waals surface area (Å²) in [4.78, 5) is 68.1. The summed E-state index contributed by atoms with van der Waals surface area (Å²) >= 11 is 0. The van der Waals surface area contributed by atoms with Crippen LogP contribution in [0.2, 0.25) is 0 Å². The first-order valence-electron chi connectivity index (χ1n) is 17.6. The number of ketones is 1. The molecular weight excluding hydrogens is 684 g/mol. The van der Waals surface area contributed by atoms with E-state index < -0.39 is 112 Å². The molecule has 0 aromatic rings. The van der Waals surface area contributed by atoms with Crippen molar-refractivity contribution in [3.8, 4) is 0 Å². The molecule has 2 bridgehead atoms. The number of fused-ring (bicyclic) bond motifs is 5. The topological polar surface area (TPSA) is 200 Å². The summed E-state index contributed by atoms with van der Waals surface area (Å²) in [7, 11) is 0. The fraction of sp³-hybridized carbons (Fsp3) is 0.811. The molecule has 4 rings (SSSR count). The van der Waals surface area contributed by atoms with Crippen molar-refractivity contribution < 1.29 is 72.1 Å². The van der Waals surface area contributed by atoms with Crippen LogP contribution in [0.1, 0.15) is 110 Å². The van der Waals surface area contributed by atoms with Crippen LogP contribution in [0.4, 0.5) is 14.4 Å². The van der Waals surface area contributed by atoms with Crippen molar-refractivity contribution in [2.75, 3.05) is 6.61 Å². The molecule has 0 amide bonds. The number of Topliss-reactive ketones (excluding diaryl/α,β-unsaturated/α-hetero) is 1. The number of rotatable bonds is 4. The van der Waals surface area contributed by atoms with Gasteiger partial charge in [0.2, 0.25) is 0 Å². The van der Waals surface area contributed by atoms with Gasteiger partial charge in [-0.25, -0.2) is 14.4 Å². The van der Waals surface area contributed by atoms with Gasteiger partial charge in [-0.3, -0.25) is 9.59 Å². The van der Waals surface area contributed by atoms with Gasteiger partial charge in [0.05, 0.1) is 18.1 Å². The molecule has 1 heterocycles. The van der Waals surface area contributed by atoms with Crippen molar-refractivity contribution in [2.24, 2.45) is 16.7 Å². The Morgan fingerprint density at radius 1 is 0.808 bits per heavy atom. The number of aliphatic hydroxyl groups excluding tert-OH is 1. The smallest absolute Gasteiger partial charge is 0.454 e. The third-order valence-corrected chi connectivity index (χ3v) is 10.5. The lowest BCUT2D eigenvalue weighted by atomic mass is 9.44. The first-order chi connectivity index (χ1) is 23.4. The van der Waals surface area contributed by atoms with Gasteiger partial charge in [-0.2, -0.15) is 0 Å². The van der Waals surface area contributed by atoms with E-state index in [0.29, 0.717) is 0 Å². The minimum absolute atomic E-state index is 0.0222. The maximum Gasteiger partial charge on any atom is 0.509 e. The Balaban J connectivity index is 2.04. The number of hydrogen-bond donors (Lipinski definition) is 2. The number of aliphatic hydroxyl groups is 2. The maximum absolute atomic E-state index is 15.5. The summed E-state index contributed by atoms with van der Waals surface area (Å²) in [5.74, 6) is -3.18. The van der Waals surface area contributed by atoms with Gasteiger partial charge in [-0.15, -0.1) is 0 Å². The molecule has 3 aliphatic carbocycles. The van der Waals surface area contributed by atoms with Gasteiger partial charge < -0.3 is 48.1 Å². The second-order valence-corrected chi connectivity index (χ2v) is 18.1. The summed E-state index contributed by atoms with van der Waals surface area (Å²) in [6.07, 6.45) is -11.6. The van der Waals surface area contributed by atoms with E-state index >= 15 is 4.79 Å². The van der Waals surface area contributed by atoms with E-state index in [1.54, 1.807) is 83.1 Å². The Bertz CT molecular complexity index is 1510. The molecule has 294 valence electrons. The lowest BCUT2D eigenvalue weighted by molar-refractivity contribution is -0.347. The van der Waals surface area contributed by atoms with Crippen molar-refractivity contribution in [1.82, 2.24) is 0 Å². The van der Waals surface area contributed by atoms with Crippen LogP contribution in [0.15, 0.2) is 11.1 Å². The van der Waals surface area contributed by atoms with Crippen LogP contribution in [-0.4, -0.2) is 106 Å². The van der Waals surface area contributed by atoms with Crippen LogP contribution >= 0.6 is 0 Å². The maximum atomic E-state index is 15.5. The van der Waals surface area contributed by atoms with Crippen LogP contribution in [0.3, 0.4) is 0 Å². The normalized spacial score (nSPS) is 35.7. The summed E-state index contributed by atoms with van der Waals surface area (Å²) in [6.45, 7) is 21.6. The van der Waals surface area contributed by atoms with E-state index in [-0.39, 0.29) is 24.2 Å². The van der Waals surface area contributed by atoms with Gasteiger partial charge >= 0.3 is 24.4 Å². The molecule has 2 N–H and O–H groups in total. The SMILES string of the molecule is CC(=O)O[C@@]12CO[C@@H]1C[C@H](OC(=O)OC(C)(C)C)[C@@]1(C)C(=O)[C@H](OC(=O)OC(C)(C)C)C3=C(C)[C@@H](OC(=O)OC(C)(C)C)C[C@@](O)([C@@H](O)[C@H]21)C3(C)C. The molecule has 15 heteroatoms. The van der Waals surface area contributed by atoms with Crippen LogP contribution in [-0.2, 0) is 47.5 Å². The van der Waals surface area contributed by atoms with Crippen molar-refractivity contribution in [1.29, 1.82) is 0 Å². The highest BCUT2D eigenvalue weighted by Gasteiger charge is 2.78. The lowest BCUT2D eigenvalue weighted by Crippen LogP contribution is -2.81. The average molecular weight is 741 g/mol. The minimum Gasteiger partial charge on any atom is -0.454 e. The van der Waals surface area contributed by atoms with Gasteiger partial charge in [0.25, 0.3) is 0 Å². The van der Waals surface area contributed by atoms with Gasteiger partial charge in [0, 0.05) is 31.1 Å². The number of ether oxygens (including phenoxy) is 8. The number of esters is 1. The highest BCUT2D eigenvalue weighted by Crippen LogP contribution is 2.64. The molecule has 15 nitrogen and oxygen atoms in total. The Morgan fingerprint density at radius 2 is 1.29 bits per heavy atom. The van der Waals surface area contributed by atoms with Gasteiger partial charge in [-0.1, -0.05) is 13.8 Å². The van der Waals surface area contributed by atoms with E-state index in [2.05, 4.69) is 0 Å². The largest absolute Gasteiger partial charge is 0.509 e. The standard InChI is InChI=1S/C37H56O15/c1-18-20(46-28(41)50-31(3,4)5)16-37(44)27(40)25-35(14,26(39)24(23(18)34(37,12)13)48-30(43)52-33(9,10)11)21(47-29(42)51-32(6,7)8)15-22-36(25,17-45-22)49-19(2)38/h20-22,24-25,27,40,44H,15-17H2,1-14H3/t20-,21-,22+,24+,25-,27-,35+,36-,37+/m0/s1. The molecule has 2 saturated carbocycles. The van der Waals surface area contributed by atoms with Gasteiger partial charge in [0.1, 0.15) is 40.7 Å². The average Bonchev–Trinajstić information content (AvgIpc) is 2.91. The Kier molecular flexibility index (Phi) is 10.5. The highest BCUT2D eigenvalue weighted by atomic mass is 16.8. The molecule has 0 radical (unpaired) electrons. The van der Waals surface area contributed by atoms with Crippen LogP contribution in [0.5, 0.6) is 0 Å². The summed E-state index contributed by atoms with van der Waals surface area (Å²) < 4.78 is 45.7. The predicted molar refractivity (Wildman–Crippen MR) is 181 cm³/mol. The molecule has 0 unspecified atom stereocenters. The van der Waals surface area contributed by atoms with Crippen LogP contribution in [0.25, 0.3) is 0 Å². The van der Waals surface area contributed by atoms with Crippen molar-refractivity contribution in [3.05, 3.63) is 11.1 Å². The molecular formula is C37H56O15. The second kappa shape index (κ2) is 13.2. The monoisotopic (exact) mass is 740 g/mol. The minimum atomic E-state index is -2.29. The molecule has 1 aliphatic heterocycles. The molecule has 0 aromatic carbocycles. The first kappa shape index (κ1) is 41.3. The summed E-state index contributed by atoms with van der Waals surface area (Å²) in [5.41, 5.74) is -10.4. The third kappa shape index (κ3) is 7.37. The number of carbonyl (C=O) groups is 5. The molecule has 0 spiro atoms. The summed E-state index contributed by atoms with van der Waals surface area (Å²) in [6, 6.07) is 0. The summed E-state index contributed by atoms with van der Waals surface area (Å²) in [5, 5.41) is 25.7. The van der Waals surface area contributed by atoms with Crippen molar-refractivity contribution in [3.63, 3.8) is 0 Å². The van der Waals surface area contributed by atoms with Gasteiger partial charge in [0.15, 0.2) is 17.5 Å². The highest BCUT2D eigenvalue weighted by molar-refractivity contribution is 5.95. The van der Waals surface area contributed by atoms with E-state index in [0.717, 1.165) is 6.92 Å². The molecule has 0 aromatic heterocycles. The van der Waals surface area contributed by atoms with E-state index in [1.165, 1.54) is 6.92 Å². The molecule has 9 atom stereocenters. The quantitative estimate of drug-likeness (QED) is 0.219. The van der Waals surface area contributed by atoms with Crippen molar-refractivity contribution >= 4 is 30.2 Å². The molecule has 52 heavy (non-hydrogen) atoms. The Hall–Kier alpha value is -3.43. The van der Waals surface area contributed by atoms with Crippen molar-refractivity contribution in [2.45, 2.75) is 168 Å². The van der Waals surface area contributed by atoms with Crippen LogP contribution < -0.4 is 0 Å². The Labute approximate surface area is 304 Å². The predicted octanol–water partition coefficient (Wildman–Crippen LogP) is 5.10. The number of hydrogen-bond acceptors (Lipinski definition) is 15. The molecule has 3 fully saturated rings. The molecule has 1 saturated heterocycles. The lowest BCUT2D eigenvalue weighted by Gasteiger charge is -2.67. The van der Waals surface area contributed by atoms with E-state index in [9.17, 15) is 29.4 Å². The van der Waals surface area contributed by atoms with Gasteiger partial charge in [-0.05, 0) is 87.3 Å². The first-order valence-corrected chi connectivity index (χ1v) is 17.6. The zero-order valence-electron chi connectivity index (χ0n) is 32.8. The zero-order valence-corrected chi connectivity index (χ0v) is 32.8. The Morgan fingerprint density at radius 3 is 1.73 bits per heavy atom. The third-order valence-electron chi connectivity index (χ3n) is 10.5. The van der Waals surface area contributed by atoms with Crippen LogP contribution in [0, 0.1) is 16.7 Å². The fourth-order valence-electron chi connectivity index (χ4n) is 8.27. The van der Waals surface area contributed by atoms with E-state index in [1.807, 2.05) is 0 Å². The second-order valence-electron chi connectivity index (χ2n) is 18.1. The molecule has 4 aliphatic rings. The number of carbonyl (C=O) groups excluding carboxylic acids is 5. The van der Waals surface area contributed by atoms with E-state index in [4.69, 9.17) is 37.9 Å².